The normalized spacial score (nSPS) is 10.2. The van der Waals surface area contributed by atoms with E-state index in [0.29, 0.717) is 17.1 Å². The number of benzene rings is 1. The molecule has 0 aliphatic rings. The summed E-state index contributed by atoms with van der Waals surface area (Å²) in [6.45, 7) is 3.79. The standard InChI is InChI=1S/C17H19N3O4S/c1-10(2)24-13-7-6-11(9-14(13)23-3)15(21)19-20-16(22)12-5-4-8-18-17(12)25/h4-10H,1-3H3,(H,18,25)(H,19,21)(H,20,22). The lowest BCUT2D eigenvalue weighted by Gasteiger charge is -2.14. The summed E-state index contributed by atoms with van der Waals surface area (Å²) < 4.78 is 11.1. The fourth-order valence-electron chi connectivity index (χ4n) is 2.01. The summed E-state index contributed by atoms with van der Waals surface area (Å²) in [7, 11) is 1.49. The number of aromatic nitrogens is 1. The van der Waals surface area contributed by atoms with Gasteiger partial charge in [0.2, 0.25) is 0 Å². The van der Waals surface area contributed by atoms with Crippen molar-refractivity contribution in [3.8, 4) is 11.5 Å². The van der Waals surface area contributed by atoms with E-state index in [9.17, 15) is 9.59 Å². The third-order valence-electron chi connectivity index (χ3n) is 3.14. The molecule has 0 radical (unpaired) electrons. The van der Waals surface area contributed by atoms with E-state index in [4.69, 9.17) is 21.7 Å². The lowest BCUT2D eigenvalue weighted by Crippen LogP contribution is -2.41. The number of hydrogen-bond acceptors (Lipinski definition) is 5. The number of H-pyrrole nitrogens is 1. The summed E-state index contributed by atoms with van der Waals surface area (Å²) in [4.78, 5) is 27.0. The number of hydrazine groups is 1. The van der Waals surface area contributed by atoms with Gasteiger partial charge in [0.15, 0.2) is 11.5 Å². The maximum atomic E-state index is 12.2. The lowest BCUT2D eigenvalue weighted by molar-refractivity contribution is 0.0846. The van der Waals surface area contributed by atoms with Crippen LogP contribution in [-0.4, -0.2) is 30.0 Å². The number of aromatic amines is 1. The zero-order valence-corrected chi connectivity index (χ0v) is 14.9. The van der Waals surface area contributed by atoms with E-state index in [1.165, 1.54) is 13.2 Å². The van der Waals surface area contributed by atoms with E-state index in [-0.39, 0.29) is 16.3 Å². The molecule has 8 heteroatoms. The van der Waals surface area contributed by atoms with Crippen molar-refractivity contribution in [1.82, 2.24) is 15.8 Å². The number of hydrogen-bond donors (Lipinski definition) is 3. The van der Waals surface area contributed by atoms with Gasteiger partial charge in [0.1, 0.15) is 4.64 Å². The van der Waals surface area contributed by atoms with Crippen LogP contribution in [0.4, 0.5) is 0 Å². The van der Waals surface area contributed by atoms with Gasteiger partial charge < -0.3 is 14.5 Å². The number of pyridine rings is 1. The summed E-state index contributed by atoms with van der Waals surface area (Å²) in [6, 6.07) is 7.96. The van der Waals surface area contributed by atoms with Crippen molar-refractivity contribution < 1.29 is 19.1 Å². The molecule has 0 atom stereocenters. The van der Waals surface area contributed by atoms with Crippen molar-refractivity contribution in [2.24, 2.45) is 0 Å². The van der Waals surface area contributed by atoms with Gasteiger partial charge in [-0.15, -0.1) is 0 Å². The van der Waals surface area contributed by atoms with Crippen molar-refractivity contribution in [3.05, 3.63) is 52.3 Å². The van der Waals surface area contributed by atoms with Gasteiger partial charge in [-0.2, -0.15) is 0 Å². The van der Waals surface area contributed by atoms with E-state index < -0.39 is 11.8 Å². The molecule has 0 aliphatic heterocycles. The number of carbonyl (C=O) groups excluding carboxylic acids is 2. The summed E-state index contributed by atoms with van der Waals surface area (Å²) in [6.07, 6.45) is 1.59. The van der Waals surface area contributed by atoms with Crippen LogP contribution >= 0.6 is 12.2 Å². The highest BCUT2D eigenvalue weighted by atomic mass is 32.1. The number of ether oxygens (including phenoxy) is 2. The SMILES string of the molecule is COc1cc(C(=O)NNC(=O)c2ccc[nH]c2=S)ccc1OC(C)C. The van der Waals surface area contributed by atoms with Crippen molar-refractivity contribution >= 4 is 24.0 Å². The first-order valence-corrected chi connectivity index (χ1v) is 7.96. The first kappa shape index (κ1) is 18.5. The van der Waals surface area contributed by atoms with Crippen molar-refractivity contribution in [1.29, 1.82) is 0 Å². The molecule has 1 aromatic heterocycles. The predicted octanol–water partition coefficient (Wildman–Crippen LogP) is 2.61. The van der Waals surface area contributed by atoms with Crippen LogP contribution in [0.15, 0.2) is 36.5 Å². The second kappa shape index (κ2) is 8.29. The molecule has 132 valence electrons. The maximum absolute atomic E-state index is 12.2. The molecule has 2 amide bonds. The maximum Gasteiger partial charge on any atom is 0.272 e. The van der Waals surface area contributed by atoms with E-state index in [0.717, 1.165) is 0 Å². The van der Waals surface area contributed by atoms with Crippen LogP contribution in [0.5, 0.6) is 11.5 Å². The molecule has 0 spiro atoms. The van der Waals surface area contributed by atoms with Crippen LogP contribution in [0.25, 0.3) is 0 Å². The van der Waals surface area contributed by atoms with Crippen molar-refractivity contribution in [3.63, 3.8) is 0 Å². The Morgan fingerprint density at radius 2 is 1.84 bits per heavy atom. The minimum Gasteiger partial charge on any atom is -0.493 e. The Balaban J connectivity index is 2.07. The first-order chi connectivity index (χ1) is 11.9. The predicted molar refractivity (Wildman–Crippen MR) is 95.3 cm³/mol. The molecule has 0 fully saturated rings. The summed E-state index contributed by atoms with van der Waals surface area (Å²) in [5.41, 5.74) is 5.24. The number of amides is 2. The molecule has 1 aromatic carbocycles. The average molecular weight is 361 g/mol. The third-order valence-corrected chi connectivity index (χ3v) is 3.48. The van der Waals surface area contributed by atoms with Gasteiger partial charge in [-0.3, -0.25) is 20.4 Å². The second-order valence-electron chi connectivity index (χ2n) is 5.35. The number of nitrogens with one attached hydrogen (secondary N) is 3. The zero-order valence-electron chi connectivity index (χ0n) is 14.1. The Hall–Kier alpha value is -2.87. The number of methoxy groups -OCH3 is 1. The van der Waals surface area contributed by atoms with Gasteiger partial charge in [0.25, 0.3) is 11.8 Å². The Bertz CT molecular complexity index is 833. The van der Waals surface area contributed by atoms with Gasteiger partial charge in [0.05, 0.1) is 18.8 Å². The topological polar surface area (TPSA) is 92.5 Å². The van der Waals surface area contributed by atoms with E-state index in [1.807, 2.05) is 13.8 Å². The molecule has 25 heavy (non-hydrogen) atoms. The molecule has 7 nitrogen and oxygen atoms in total. The molecule has 0 saturated heterocycles. The van der Waals surface area contributed by atoms with Crippen LogP contribution in [0, 0.1) is 4.64 Å². The molecule has 3 N–H and O–H groups in total. The van der Waals surface area contributed by atoms with E-state index in [2.05, 4.69) is 15.8 Å². The molecule has 0 bridgehead atoms. The van der Waals surface area contributed by atoms with Gasteiger partial charge in [-0.1, -0.05) is 12.2 Å². The van der Waals surface area contributed by atoms with E-state index >= 15 is 0 Å². The Labute approximate surface area is 150 Å². The number of carbonyl (C=O) groups is 2. The molecule has 1 heterocycles. The molecule has 0 aliphatic carbocycles. The minimum absolute atomic E-state index is 0.0249. The highest BCUT2D eigenvalue weighted by Gasteiger charge is 2.14. The lowest BCUT2D eigenvalue weighted by atomic mass is 10.2. The summed E-state index contributed by atoms with van der Waals surface area (Å²) >= 11 is 5.02. The molecule has 0 unspecified atom stereocenters. The van der Waals surface area contributed by atoms with Gasteiger partial charge >= 0.3 is 0 Å². The second-order valence-corrected chi connectivity index (χ2v) is 5.76. The fraction of sp³-hybridized carbons (Fsp3) is 0.235. The Morgan fingerprint density at radius 1 is 1.12 bits per heavy atom. The number of rotatable bonds is 5. The monoisotopic (exact) mass is 361 g/mol. The van der Waals surface area contributed by atoms with Gasteiger partial charge in [-0.05, 0) is 44.2 Å². The average Bonchev–Trinajstić information content (AvgIpc) is 2.59. The Morgan fingerprint density at radius 3 is 2.48 bits per heavy atom. The summed E-state index contributed by atoms with van der Waals surface area (Å²) in [5, 5.41) is 0. The smallest absolute Gasteiger partial charge is 0.272 e. The molecule has 2 rings (SSSR count). The van der Waals surface area contributed by atoms with Crippen molar-refractivity contribution in [2.45, 2.75) is 20.0 Å². The van der Waals surface area contributed by atoms with Gasteiger partial charge in [-0.25, -0.2) is 0 Å². The zero-order chi connectivity index (χ0) is 18.4. The first-order valence-electron chi connectivity index (χ1n) is 7.55. The molecule has 0 saturated carbocycles. The summed E-state index contributed by atoms with van der Waals surface area (Å²) in [5.74, 6) is -0.0395. The quantitative estimate of drug-likeness (QED) is 0.562. The molecular formula is C17H19N3O4S. The largest absolute Gasteiger partial charge is 0.493 e. The molecule has 2 aromatic rings. The highest BCUT2D eigenvalue weighted by Crippen LogP contribution is 2.28. The van der Waals surface area contributed by atoms with Crippen LogP contribution in [-0.2, 0) is 0 Å². The van der Waals surface area contributed by atoms with Gasteiger partial charge in [0, 0.05) is 11.8 Å². The van der Waals surface area contributed by atoms with Crippen LogP contribution < -0.4 is 20.3 Å². The fourth-order valence-corrected chi connectivity index (χ4v) is 2.24. The van der Waals surface area contributed by atoms with Crippen LogP contribution in [0.2, 0.25) is 0 Å². The van der Waals surface area contributed by atoms with Crippen LogP contribution in [0.1, 0.15) is 34.6 Å². The Kier molecular flexibility index (Phi) is 6.13. The van der Waals surface area contributed by atoms with Crippen molar-refractivity contribution in [2.75, 3.05) is 7.11 Å². The van der Waals surface area contributed by atoms with Crippen LogP contribution in [0.3, 0.4) is 0 Å². The third kappa shape index (κ3) is 4.80. The highest BCUT2D eigenvalue weighted by molar-refractivity contribution is 7.71. The minimum atomic E-state index is -0.512. The van der Waals surface area contributed by atoms with E-state index in [1.54, 1.807) is 30.5 Å². The molecular weight excluding hydrogens is 342 g/mol.